The van der Waals surface area contributed by atoms with Crippen LogP contribution >= 0.6 is 34.8 Å². The van der Waals surface area contributed by atoms with Crippen molar-refractivity contribution in [2.75, 3.05) is 23.7 Å². The Morgan fingerprint density at radius 1 is 0.875 bits per heavy atom. The summed E-state index contributed by atoms with van der Waals surface area (Å²) in [7, 11) is -3.97. The van der Waals surface area contributed by atoms with Crippen molar-refractivity contribution in [3.8, 4) is 0 Å². The third-order valence-electron chi connectivity index (χ3n) is 6.10. The fourth-order valence-electron chi connectivity index (χ4n) is 4.04. The molecule has 0 heterocycles. The van der Waals surface area contributed by atoms with Crippen molar-refractivity contribution in [2.45, 2.75) is 32.9 Å². The number of carbonyl (C=O) groups excluding carboxylic acids is 2. The molecule has 0 saturated heterocycles. The fourth-order valence-corrected chi connectivity index (χ4v) is 5.47. The Bertz CT molecular complexity index is 1420. The van der Waals surface area contributed by atoms with Crippen LogP contribution in [0.3, 0.4) is 0 Å². The molecule has 0 saturated carbocycles. The lowest BCUT2D eigenvalue weighted by molar-refractivity contribution is -0.140. The van der Waals surface area contributed by atoms with Crippen molar-refractivity contribution in [2.24, 2.45) is 5.92 Å². The number of nitrogens with one attached hydrogen (secondary N) is 1. The summed E-state index contributed by atoms with van der Waals surface area (Å²) in [5.41, 5.74) is 1.64. The fraction of sp³-hybridized carbons (Fsp3) is 0.310. The Labute approximate surface area is 251 Å². The first kappa shape index (κ1) is 31.7. The summed E-state index contributed by atoms with van der Waals surface area (Å²) < 4.78 is 26.7. The van der Waals surface area contributed by atoms with Gasteiger partial charge >= 0.3 is 0 Å². The van der Waals surface area contributed by atoms with Gasteiger partial charge < -0.3 is 10.2 Å². The molecular weight excluding hydrogens is 593 g/mol. The largest absolute Gasteiger partial charge is 0.354 e. The van der Waals surface area contributed by atoms with Crippen LogP contribution in [-0.2, 0) is 32.6 Å². The number of halogens is 3. The summed E-state index contributed by atoms with van der Waals surface area (Å²) in [5.74, 6) is -0.740. The van der Waals surface area contributed by atoms with Crippen LogP contribution in [0.25, 0.3) is 0 Å². The smallest absolute Gasteiger partial charge is 0.244 e. The van der Waals surface area contributed by atoms with E-state index in [-0.39, 0.29) is 40.5 Å². The highest BCUT2D eigenvalue weighted by Gasteiger charge is 2.33. The molecule has 0 radical (unpaired) electrons. The number of carbonyl (C=O) groups is 2. The zero-order chi connectivity index (χ0) is 29.4. The van der Waals surface area contributed by atoms with E-state index in [1.54, 1.807) is 30.3 Å². The maximum atomic E-state index is 14.1. The molecule has 3 aromatic carbocycles. The van der Waals surface area contributed by atoms with Crippen LogP contribution in [-0.4, -0.2) is 50.5 Å². The number of rotatable bonds is 12. The number of anilines is 1. The zero-order valence-electron chi connectivity index (χ0n) is 22.5. The van der Waals surface area contributed by atoms with Crippen molar-refractivity contribution in [1.82, 2.24) is 10.2 Å². The van der Waals surface area contributed by atoms with Crippen molar-refractivity contribution in [1.29, 1.82) is 0 Å². The molecule has 0 aliphatic rings. The number of nitrogens with zero attached hydrogens (tertiary/aromatic N) is 2. The van der Waals surface area contributed by atoms with Crippen LogP contribution in [0.2, 0.25) is 15.1 Å². The van der Waals surface area contributed by atoms with E-state index >= 15 is 0 Å². The lowest BCUT2D eigenvalue weighted by atomic mass is 10.0. The van der Waals surface area contributed by atoms with Crippen LogP contribution in [0, 0.1) is 5.92 Å². The third kappa shape index (κ3) is 8.86. The number of benzene rings is 3. The average Bonchev–Trinajstić information content (AvgIpc) is 2.90. The number of sulfonamides is 1. The van der Waals surface area contributed by atoms with Crippen LogP contribution < -0.4 is 9.62 Å². The minimum Gasteiger partial charge on any atom is -0.354 e. The Kier molecular flexibility index (Phi) is 11.3. The molecule has 1 atom stereocenters. The summed E-state index contributed by atoms with van der Waals surface area (Å²) in [6.45, 7) is 3.82. The molecule has 0 spiro atoms. The van der Waals surface area contributed by atoms with Gasteiger partial charge in [0.1, 0.15) is 12.6 Å². The molecule has 3 aromatic rings. The van der Waals surface area contributed by atoms with Gasteiger partial charge in [0.25, 0.3) is 0 Å². The average molecular weight is 625 g/mol. The van der Waals surface area contributed by atoms with Gasteiger partial charge in [-0.1, -0.05) is 97.2 Å². The second-order valence-corrected chi connectivity index (χ2v) is 13.0. The van der Waals surface area contributed by atoms with Crippen molar-refractivity contribution < 1.29 is 18.0 Å². The Hall–Kier alpha value is -2.78. The van der Waals surface area contributed by atoms with Gasteiger partial charge in [0.2, 0.25) is 21.8 Å². The molecular formula is C29H32Cl3N3O4S. The molecule has 7 nitrogen and oxygen atoms in total. The maximum Gasteiger partial charge on any atom is 0.244 e. The highest BCUT2D eigenvalue weighted by atomic mass is 35.5. The quantitative estimate of drug-likeness (QED) is 0.275. The highest BCUT2D eigenvalue weighted by Crippen LogP contribution is 2.34. The Morgan fingerprint density at radius 2 is 1.52 bits per heavy atom. The van der Waals surface area contributed by atoms with E-state index < -0.39 is 28.5 Å². The van der Waals surface area contributed by atoms with E-state index in [1.807, 2.05) is 44.2 Å². The van der Waals surface area contributed by atoms with Gasteiger partial charge in [0.05, 0.1) is 22.0 Å². The topological polar surface area (TPSA) is 86.8 Å². The lowest BCUT2D eigenvalue weighted by Gasteiger charge is -2.34. The molecule has 2 amide bonds. The van der Waals surface area contributed by atoms with Crippen LogP contribution in [0.1, 0.15) is 25.0 Å². The van der Waals surface area contributed by atoms with E-state index in [4.69, 9.17) is 34.8 Å². The predicted octanol–water partition coefficient (Wildman–Crippen LogP) is 5.83. The second kappa shape index (κ2) is 14.2. The Balaban J connectivity index is 2.07. The molecule has 0 aliphatic heterocycles. The normalized spacial score (nSPS) is 12.2. The van der Waals surface area contributed by atoms with Gasteiger partial charge in [0, 0.05) is 24.5 Å². The zero-order valence-corrected chi connectivity index (χ0v) is 25.6. The minimum atomic E-state index is -3.97. The molecule has 0 fully saturated rings. The van der Waals surface area contributed by atoms with E-state index in [1.165, 1.54) is 17.0 Å². The first-order valence-corrected chi connectivity index (χ1v) is 15.6. The highest BCUT2D eigenvalue weighted by molar-refractivity contribution is 7.92. The lowest BCUT2D eigenvalue weighted by Crippen LogP contribution is -2.53. The molecule has 214 valence electrons. The summed E-state index contributed by atoms with van der Waals surface area (Å²) in [6, 6.07) is 19.9. The SMILES string of the molecule is CC(C)CNC(=O)[C@H](Cc1ccccc1)N(Cc1ccc(Cl)cc1)C(=O)CN(c1cccc(Cl)c1Cl)S(C)(=O)=O. The summed E-state index contributed by atoms with van der Waals surface area (Å²) >= 11 is 18.6. The maximum absolute atomic E-state index is 14.1. The van der Waals surface area contributed by atoms with E-state index in [0.717, 1.165) is 21.7 Å². The molecule has 0 bridgehead atoms. The molecule has 11 heteroatoms. The van der Waals surface area contributed by atoms with Gasteiger partial charge in [0.15, 0.2) is 0 Å². The number of amides is 2. The molecule has 1 N–H and O–H groups in total. The summed E-state index contributed by atoms with van der Waals surface area (Å²) in [5, 5.41) is 3.61. The van der Waals surface area contributed by atoms with Gasteiger partial charge in [-0.2, -0.15) is 0 Å². The van der Waals surface area contributed by atoms with Crippen molar-refractivity contribution in [3.05, 3.63) is 99.0 Å². The second-order valence-electron chi connectivity index (χ2n) is 9.84. The minimum absolute atomic E-state index is 0.00200. The molecule has 0 unspecified atom stereocenters. The number of hydrogen-bond acceptors (Lipinski definition) is 4. The summed E-state index contributed by atoms with van der Waals surface area (Å²) in [4.78, 5) is 29.1. The first-order valence-electron chi connectivity index (χ1n) is 12.6. The first-order chi connectivity index (χ1) is 18.9. The Morgan fingerprint density at radius 3 is 2.12 bits per heavy atom. The van der Waals surface area contributed by atoms with Gasteiger partial charge in [-0.25, -0.2) is 8.42 Å². The van der Waals surface area contributed by atoms with E-state index in [0.29, 0.717) is 11.6 Å². The number of hydrogen-bond donors (Lipinski definition) is 1. The van der Waals surface area contributed by atoms with Gasteiger partial charge in [-0.3, -0.25) is 13.9 Å². The summed E-state index contributed by atoms with van der Waals surface area (Å²) in [6.07, 6.45) is 1.21. The third-order valence-corrected chi connectivity index (χ3v) is 8.29. The van der Waals surface area contributed by atoms with Crippen molar-refractivity contribution in [3.63, 3.8) is 0 Å². The van der Waals surface area contributed by atoms with Crippen LogP contribution in [0.5, 0.6) is 0 Å². The van der Waals surface area contributed by atoms with Gasteiger partial charge in [-0.05, 0) is 41.3 Å². The monoisotopic (exact) mass is 623 g/mol. The molecule has 0 aliphatic carbocycles. The van der Waals surface area contributed by atoms with E-state index in [9.17, 15) is 18.0 Å². The standard InChI is InChI=1S/C29H32Cl3N3O4S/c1-20(2)17-33-29(37)26(16-21-8-5-4-6-9-21)34(18-22-12-14-23(30)15-13-22)27(36)19-35(40(3,38)39)25-11-7-10-24(31)28(25)32/h4-15,20,26H,16-19H2,1-3H3,(H,33,37)/t26-/m0/s1. The van der Waals surface area contributed by atoms with E-state index in [2.05, 4.69) is 5.32 Å². The molecule has 0 aromatic heterocycles. The predicted molar refractivity (Wildman–Crippen MR) is 162 cm³/mol. The van der Waals surface area contributed by atoms with Gasteiger partial charge in [-0.15, -0.1) is 0 Å². The molecule has 40 heavy (non-hydrogen) atoms. The molecule has 3 rings (SSSR count). The van der Waals surface area contributed by atoms with Crippen LogP contribution in [0.4, 0.5) is 5.69 Å². The van der Waals surface area contributed by atoms with Crippen molar-refractivity contribution >= 4 is 62.3 Å². The van der Waals surface area contributed by atoms with Crippen LogP contribution in [0.15, 0.2) is 72.8 Å².